The average molecular weight is 292 g/mol. The highest BCUT2D eigenvalue weighted by Crippen LogP contribution is 2.23. The van der Waals surface area contributed by atoms with Gasteiger partial charge in [0.25, 0.3) is 0 Å². The van der Waals surface area contributed by atoms with Gasteiger partial charge in [0.05, 0.1) is 6.42 Å². The first-order chi connectivity index (χ1) is 9.32. The van der Waals surface area contributed by atoms with Crippen molar-refractivity contribution >= 4 is 24.4 Å². The van der Waals surface area contributed by atoms with Crippen molar-refractivity contribution in [1.82, 2.24) is 9.80 Å². The van der Waals surface area contributed by atoms with Crippen LogP contribution in [0.25, 0.3) is 0 Å². The Hall–Kier alpha value is -1.49. The van der Waals surface area contributed by atoms with Gasteiger partial charge in [0.15, 0.2) is 0 Å². The second-order valence-electron chi connectivity index (χ2n) is 5.67. The van der Waals surface area contributed by atoms with Gasteiger partial charge in [-0.15, -0.1) is 12.6 Å². The number of amides is 2. The highest BCUT2D eigenvalue weighted by Gasteiger charge is 2.42. The average Bonchev–Trinajstić information content (AvgIpc) is 2.38. The van der Waals surface area contributed by atoms with Gasteiger partial charge in [-0.3, -0.25) is 9.59 Å². The zero-order chi connectivity index (χ0) is 14.9. The highest BCUT2D eigenvalue weighted by molar-refractivity contribution is 7.80. The van der Waals surface area contributed by atoms with Crippen molar-refractivity contribution in [2.45, 2.75) is 30.7 Å². The molecule has 0 bridgehead atoms. The van der Waals surface area contributed by atoms with Crippen LogP contribution in [0.5, 0.6) is 0 Å². The zero-order valence-electron chi connectivity index (χ0n) is 12.1. The van der Waals surface area contributed by atoms with Crippen LogP contribution in [-0.2, 0) is 16.0 Å². The van der Waals surface area contributed by atoms with Crippen LogP contribution in [0, 0.1) is 0 Å². The Morgan fingerprint density at radius 1 is 1.25 bits per heavy atom. The Morgan fingerprint density at radius 3 is 2.45 bits per heavy atom. The molecule has 0 N–H and O–H groups in total. The summed E-state index contributed by atoms with van der Waals surface area (Å²) >= 11 is 4.23. The van der Waals surface area contributed by atoms with Crippen LogP contribution in [0.3, 0.4) is 0 Å². The Balaban J connectivity index is 2.12. The summed E-state index contributed by atoms with van der Waals surface area (Å²) in [5.41, 5.74) is 0.170. The number of hydrogen-bond acceptors (Lipinski definition) is 3. The molecule has 0 saturated carbocycles. The lowest BCUT2D eigenvalue weighted by molar-refractivity contribution is -0.156. The van der Waals surface area contributed by atoms with Gasteiger partial charge in [-0.05, 0) is 31.5 Å². The van der Waals surface area contributed by atoms with Gasteiger partial charge in [0, 0.05) is 25.0 Å². The van der Waals surface area contributed by atoms with E-state index < -0.39 is 5.54 Å². The van der Waals surface area contributed by atoms with Crippen molar-refractivity contribution in [2.75, 3.05) is 20.1 Å². The number of hydrogen-bond donors (Lipinski definition) is 1. The molecular weight excluding hydrogens is 272 g/mol. The largest absolute Gasteiger partial charge is 0.342 e. The molecule has 0 aromatic heterocycles. The van der Waals surface area contributed by atoms with Gasteiger partial charge in [0.2, 0.25) is 11.8 Å². The van der Waals surface area contributed by atoms with Gasteiger partial charge in [-0.25, -0.2) is 0 Å². The second kappa shape index (κ2) is 5.48. The van der Waals surface area contributed by atoms with E-state index in [0.29, 0.717) is 19.5 Å². The summed E-state index contributed by atoms with van der Waals surface area (Å²) in [4.78, 5) is 28.9. The highest BCUT2D eigenvalue weighted by atomic mass is 32.1. The van der Waals surface area contributed by atoms with Crippen molar-refractivity contribution in [3.05, 3.63) is 29.8 Å². The lowest BCUT2D eigenvalue weighted by Gasteiger charge is -2.44. The number of benzene rings is 1. The number of rotatable bonds is 2. The minimum absolute atomic E-state index is 0.0108. The van der Waals surface area contributed by atoms with Crippen molar-refractivity contribution < 1.29 is 9.59 Å². The summed E-state index contributed by atoms with van der Waals surface area (Å²) in [5.74, 6) is -0.0221. The number of carbonyl (C=O) groups excluding carboxylic acids is 2. The lowest BCUT2D eigenvalue weighted by atomic mass is 9.96. The van der Waals surface area contributed by atoms with E-state index >= 15 is 0 Å². The standard InChI is InChI=1S/C15H20N2O2S/c1-15(2)14(19)16(3)8-9-17(15)13(18)10-11-4-6-12(20)7-5-11/h4-7,20H,8-10H2,1-3H3. The summed E-state index contributed by atoms with van der Waals surface area (Å²) in [6, 6.07) is 7.52. The summed E-state index contributed by atoms with van der Waals surface area (Å²) in [5, 5.41) is 0. The van der Waals surface area contributed by atoms with E-state index in [-0.39, 0.29) is 11.8 Å². The van der Waals surface area contributed by atoms with E-state index in [9.17, 15) is 9.59 Å². The summed E-state index contributed by atoms with van der Waals surface area (Å²) in [6.45, 7) is 4.78. The van der Waals surface area contributed by atoms with E-state index in [4.69, 9.17) is 0 Å². The van der Waals surface area contributed by atoms with E-state index in [1.54, 1.807) is 30.7 Å². The molecule has 1 saturated heterocycles. The first-order valence-electron chi connectivity index (χ1n) is 6.66. The minimum Gasteiger partial charge on any atom is -0.342 e. The fraction of sp³-hybridized carbons (Fsp3) is 0.467. The quantitative estimate of drug-likeness (QED) is 0.841. The lowest BCUT2D eigenvalue weighted by Crippen LogP contribution is -2.63. The molecule has 5 heteroatoms. The van der Waals surface area contributed by atoms with Crippen LogP contribution in [-0.4, -0.2) is 47.3 Å². The summed E-state index contributed by atoms with van der Waals surface area (Å²) in [6.07, 6.45) is 0.314. The third-order valence-electron chi connectivity index (χ3n) is 3.80. The molecule has 2 amide bonds. The Kier molecular flexibility index (Phi) is 4.09. The molecule has 1 fully saturated rings. The molecule has 0 spiro atoms. The monoisotopic (exact) mass is 292 g/mol. The number of piperazine rings is 1. The number of likely N-dealkylation sites (N-methyl/N-ethyl adjacent to an activating group) is 1. The summed E-state index contributed by atoms with van der Waals surface area (Å²) < 4.78 is 0. The molecule has 108 valence electrons. The Labute approximate surface area is 125 Å². The molecule has 0 atom stereocenters. The molecule has 4 nitrogen and oxygen atoms in total. The molecule has 2 rings (SSSR count). The first-order valence-corrected chi connectivity index (χ1v) is 7.11. The van der Waals surface area contributed by atoms with Gasteiger partial charge in [-0.1, -0.05) is 12.1 Å². The smallest absolute Gasteiger partial charge is 0.247 e. The first kappa shape index (κ1) is 14.9. The van der Waals surface area contributed by atoms with Gasteiger partial charge in [-0.2, -0.15) is 0 Å². The van der Waals surface area contributed by atoms with Crippen molar-refractivity contribution in [3.63, 3.8) is 0 Å². The van der Waals surface area contributed by atoms with E-state index in [1.165, 1.54) is 0 Å². The zero-order valence-corrected chi connectivity index (χ0v) is 13.0. The summed E-state index contributed by atoms with van der Waals surface area (Å²) in [7, 11) is 1.78. The molecule has 1 aliphatic heterocycles. The van der Waals surface area contributed by atoms with Crippen LogP contribution in [0.1, 0.15) is 19.4 Å². The molecule has 0 aliphatic carbocycles. The van der Waals surface area contributed by atoms with E-state index in [1.807, 2.05) is 24.3 Å². The maximum Gasteiger partial charge on any atom is 0.247 e. The predicted molar refractivity (Wildman–Crippen MR) is 80.8 cm³/mol. The molecule has 1 heterocycles. The van der Waals surface area contributed by atoms with E-state index in [2.05, 4.69) is 12.6 Å². The van der Waals surface area contributed by atoms with Gasteiger partial charge in [0.1, 0.15) is 5.54 Å². The second-order valence-corrected chi connectivity index (χ2v) is 6.19. The maximum absolute atomic E-state index is 12.5. The molecule has 1 aromatic carbocycles. The SMILES string of the molecule is CN1CCN(C(=O)Cc2ccc(S)cc2)C(C)(C)C1=O. The van der Waals surface area contributed by atoms with Crippen LogP contribution in [0.4, 0.5) is 0 Å². The van der Waals surface area contributed by atoms with Crippen molar-refractivity contribution in [3.8, 4) is 0 Å². The fourth-order valence-electron chi connectivity index (χ4n) is 2.53. The molecule has 20 heavy (non-hydrogen) atoms. The number of nitrogens with zero attached hydrogens (tertiary/aromatic N) is 2. The molecule has 0 radical (unpaired) electrons. The fourth-order valence-corrected chi connectivity index (χ4v) is 2.68. The van der Waals surface area contributed by atoms with Crippen LogP contribution in [0.2, 0.25) is 0 Å². The number of carbonyl (C=O) groups is 2. The van der Waals surface area contributed by atoms with Crippen molar-refractivity contribution in [1.29, 1.82) is 0 Å². The predicted octanol–water partition coefficient (Wildman–Crippen LogP) is 1.60. The molecule has 0 unspecified atom stereocenters. The Morgan fingerprint density at radius 2 is 1.85 bits per heavy atom. The third kappa shape index (κ3) is 2.82. The minimum atomic E-state index is -0.770. The van der Waals surface area contributed by atoms with Crippen LogP contribution in [0.15, 0.2) is 29.2 Å². The molecular formula is C15H20N2O2S. The number of thiol groups is 1. The van der Waals surface area contributed by atoms with Crippen LogP contribution >= 0.6 is 12.6 Å². The third-order valence-corrected chi connectivity index (χ3v) is 4.09. The van der Waals surface area contributed by atoms with Gasteiger partial charge >= 0.3 is 0 Å². The maximum atomic E-state index is 12.5. The normalized spacial score (nSPS) is 18.3. The van der Waals surface area contributed by atoms with Crippen molar-refractivity contribution in [2.24, 2.45) is 0 Å². The van der Waals surface area contributed by atoms with E-state index in [0.717, 1.165) is 10.5 Å². The van der Waals surface area contributed by atoms with Gasteiger partial charge < -0.3 is 9.80 Å². The molecule has 1 aromatic rings. The van der Waals surface area contributed by atoms with Crippen LogP contribution < -0.4 is 0 Å². The molecule has 1 aliphatic rings. The Bertz CT molecular complexity index is 525. The topological polar surface area (TPSA) is 40.6 Å².